The Morgan fingerprint density at radius 3 is 2.67 bits per heavy atom. The van der Waals surface area contributed by atoms with Gasteiger partial charge in [0.05, 0.1) is 17.7 Å². The van der Waals surface area contributed by atoms with Crippen LogP contribution in [0.4, 0.5) is 5.69 Å². The lowest BCUT2D eigenvalue weighted by atomic mass is 10.2. The molecule has 1 atom stereocenters. The average molecular weight is 258 g/mol. The Bertz CT molecular complexity index is 514. The molecule has 2 rings (SSSR count). The van der Waals surface area contributed by atoms with Crippen molar-refractivity contribution < 1.29 is 5.11 Å². The number of aliphatic hydroxyl groups excluding tert-OH is 1. The molecule has 1 unspecified atom stereocenters. The van der Waals surface area contributed by atoms with Crippen molar-refractivity contribution in [3.8, 4) is 6.07 Å². The molecule has 0 aliphatic carbocycles. The van der Waals surface area contributed by atoms with Gasteiger partial charge in [0.15, 0.2) is 0 Å². The molecule has 2 N–H and O–H groups in total. The molecular weight excluding hydrogens is 244 g/mol. The van der Waals surface area contributed by atoms with E-state index in [1.165, 1.54) is 0 Å². The van der Waals surface area contributed by atoms with E-state index >= 15 is 0 Å². The number of hydrogen-bond donors (Lipinski definition) is 2. The van der Waals surface area contributed by atoms with Gasteiger partial charge in [0.2, 0.25) is 0 Å². The predicted octanol–water partition coefficient (Wildman–Crippen LogP) is 3.16. The number of thiophene rings is 1. The van der Waals surface area contributed by atoms with Crippen LogP contribution < -0.4 is 5.32 Å². The van der Waals surface area contributed by atoms with Crippen LogP contribution in [-0.2, 0) is 0 Å². The third kappa shape index (κ3) is 3.33. The fourth-order valence-electron chi connectivity index (χ4n) is 1.64. The Balaban J connectivity index is 1.80. The SMILES string of the molecule is N#Cc1ccc(NCCC(O)c2cccs2)cc1. The molecule has 0 saturated heterocycles. The molecule has 2 aromatic rings. The summed E-state index contributed by atoms with van der Waals surface area (Å²) in [6.07, 6.45) is 0.261. The Morgan fingerprint density at radius 2 is 2.06 bits per heavy atom. The molecule has 1 heterocycles. The number of nitrogens with zero attached hydrogens (tertiary/aromatic N) is 1. The average Bonchev–Trinajstić information content (AvgIpc) is 2.93. The van der Waals surface area contributed by atoms with Gasteiger partial charge in [-0.2, -0.15) is 5.26 Å². The summed E-state index contributed by atoms with van der Waals surface area (Å²) in [5.74, 6) is 0. The van der Waals surface area contributed by atoms with Crippen LogP contribution in [0.15, 0.2) is 41.8 Å². The van der Waals surface area contributed by atoms with Gasteiger partial charge in [-0.3, -0.25) is 0 Å². The lowest BCUT2D eigenvalue weighted by molar-refractivity contribution is 0.175. The number of nitriles is 1. The summed E-state index contributed by atoms with van der Waals surface area (Å²) in [6, 6.07) is 13.3. The topological polar surface area (TPSA) is 56.0 Å². The molecular formula is C14H14N2OS. The van der Waals surface area contributed by atoms with Crippen LogP contribution in [0.1, 0.15) is 23.0 Å². The summed E-state index contributed by atoms with van der Waals surface area (Å²) in [5, 5.41) is 23.8. The second-order valence-corrected chi connectivity index (χ2v) is 4.92. The van der Waals surface area contributed by atoms with Gasteiger partial charge >= 0.3 is 0 Å². The smallest absolute Gasteiger partial charge is 0.0991 e. The lowest BCUT2D eigenvalue weighted by Crippen LogP contribution is -2.06. The highest BCUT2D eigenvalue weighted by Crippen LogP contribution is 2.21. The summed E-state index contributed by atoms with van der Waals surface area (Å²) in [6.45, 7) is 0.699. The molecule has 0 saturated carbocycles. The standard InChI is InChI=1S/C14H14N2OS/c15-10-11-3-5-12(6-4-11)16-8-7-13(17)14-2-1-9-18-14/h1-6,9,13,16-17H,7-8H2. The van der Waals surface area contributed by atoms with Crippen molar-refractivity contribution in [3.05, 3.63) is 52.2 Å². The Kier molecular flexibility index (Phi) is 4.35. The largest absolute Gasteiger partial charge is 0.388 e. The molecule has 0 bridgehead atoms. The zero-order valence-electron chi connectivity index (χ0n) is 9.84. The van der Waals surface area contributed by atoms with Gasteiger partial charge in [0.25, 0.3) is 0 Å². The zero-order valence-corrected chi connectivity index (χ0v) is 10.7. The molecule has 0 spiro atoms. The Morgan fingerprint density at radius 1 is 1.28 bits per heavy atom. The second kappa shape index (κ2) is 6.20. The summed E-state index contributed by atoms with van der Waals surface area (Å²) < 4.78 is 0. The molecule has 3 nitrogen and oxygen atoms in total. The number of hydrogen-bond acceptors (Lipinski definition) is 4. The molecule has 0 aliphatic heterocycles. The highest BCUT2D eigenvalue weighted by Gasteiger charge is 2.07. The predicted molar refractivity (Wildman–Crippen MR) is 73.5 cm³/mol. The van der Waals surface area contributed by atoms with Gasteiger partial charge in [-0.15, -0.1) is 11.3 Å². The fourth-order valence-corrected chi connectivity index (χ4v) is 2.39. The minimum absolute atomic E-state index is 0.407. The summed E-state index contributed by atoms with van der Waals surface area (Å²) in [4.78, 5) is 0.997. The third-order valence-electron chi connectivity index (χ3n) is 2.63. The molecule has 0 fully saturated rings. The Labute approximate surface area is 110 Å². The molecule has 4 heteroatoms. The monoisotopic (exact) mass is 258 g/mol. The van der Waals surface area contributed by atoms with Crippen molar-refractivity contribution >= 4 is 17.0 Å². The zero-order chi connectivity index (χ0) is 12.8. The maximum absolute atomic E-state index is 9.90. The highest BCUT2D eigenvalue weighted by molar-refractivity contribution is 7.10. The first kappa shape index (κ1) is 12.6. The van der Waals surface area contributed by atoms with Crippen molar-refractivity contribution in [1.29, 1.82) is 5.26 Å². The van der Waals surface area contributed by atoms with Crippen LogP contribution in [0.2, 0.25) is 0 Å². The first-order valence-corrected chi connectivity index (χ1v) is 6.63. The van der Waals surface area contributed by atoms with E-state index in [9.17, 15) is 5.11 Å². The summed E-state index contributed by atoms with van der Waals surface area (Å²) >= 11 is 1.57. The van der Waals surface area contributed by atoms with E-state index in [1.807, 2.05) is 29.6 Å². The van der Waals surface area contributed by atoms with E-state index in [1.54, 1.807) is 23.5 Å². The number of nitrogens with one attached hydrogen (secondary N) is 1. The van der Waals surface area contributed by atoms with Crippen LogP contribution in [0.25, 0.3) is 0 Å². The molecule has 1 aromatic carbocycles. The lowest BCUT2D eigenvalue weighted by Gasteiger charge is -2.10. The van der Waals surface area contributed by atoms with Crippen molar-refractivity contribution in [3.63, 3.8) is 0 Å². The number of anilines is 1. The highest BCUT2D eigenvalue weighted by atomic mass is 32.1. The van der Waals surface area contributed by atoms with E-state index in [4.69, 9.17) is 5.26 Å². The van der Waals surface area contributed by atoms with E-state index in [0.29, 0.717) is 18.5 Å². The minimum atomic E-state index is -0.407. The summed E-state index contributed by atoms with van der Waals surface area (Å²) in [5.41, 5.74) is 1.62. The van der Waals surface area contributed by atoms with Crippen LogP contribution in [0.3, 0.4) is 0 Å². The first-order chi connectivity index (χ1) is 8.79. The summed E-state index contributed by atoms with van der Waals surface area (Å²) in [7, 11) is 0. The van der Waals surface area contributed by atoms with Crippen molar-refractivity contribution in [1.82, 2.24) is 0 Å². The normalized spacial score (nSPS) is 11.8. The quantitative estimate of drug-likeness (QED) is 0.866. The van der Waals surface area contributed by atoms with Gasteiger partial charge in [0.1, 0.15) is 0 Å². The molecule has 1 aromatic heterocycles. The van der Waals surface area contributed by atoms with Gasteiger partial charge in [0, 0.05) is 17.1 Å². The van der Waals surface area contributed by atoms with Crippen LogP contribution in [0.5, 0.6) is 0 Å². The van der Waals surface area contributed by atoms with E-state index in [0.717, 1.165) is 10.6 Å². The van der Waals surface area contributed by atoms with Crippen molar-refractivity contribution in [2.24, 2.45) is 0 Å². The van der Waals surface area contributed by atoms with E-state index in [-0.39, 0.29) is 0 Å². The molecule has 0 amide bonds. The first-order valence-electron chi connectivity index (χ1n) is 5.75. The van der Waals surface area contributed by atoms with Crippen molar-refractivity contribution in [2.45, 2.75) is 12.5 Å². The van der Waals surface area contributed by atoms with Crippen LogP contribution in [0, 0.1) is 11.3 Å². The number of benzene rings is 1. The third-order valence-corrected chi connectivity index (χ3v) is 3.61. The molecule has 18 heavy (non-hydrogen) atoms. The van der Waals surface area contributed by atoms with Gasteiger partial charge in [-0.05, 0) is 42.1 Å². The van der Waals surface area contributed by atoms with Crippen LogP contribution >= 0.6 is 11.3 Å². The van der Waals surface area contributed by atoms with E-state index in [2.05, 4.69) is 11.4 Å². The maximum Gasteiger partial charge on any atom is 0.0991 e. The molecule has 0 radical (unpaired) electrons. The minimum Gasteiger partial charge on any atom is -0.388 e. The van der Waals surface area contributed by atoms with Crippen LogP contribution in [-0.4, -0.2) is 11.7 Å². The Hall–Kier alpha value is -1.83. The maximum atomic E-state index is 9.90. The van der Waals surface area contributed by atoms with Crippen molar-refractivity contribution in [2.75, 3.05) is 11.9 Å². The van der Waals surface area contributed by atoms with Gasteiger partial charge in [-0.1, -0.05) is 6.07 Å². The molecule has 0 aliphatic rings. The molecule has 92 valence electrons. The van der Waals surface area contributed by atoms with Gasteiger partial charge < -0.3 is 10.4 Å². The van der Waals surface area contributed by atoms with E-state index < -0.39 is 6.10 Å². The number of rotatable bonds is 5. The number of aliphatic hydroxyl groups is 1. The second-order valence-electron chi connectivity index (χ2n) is 3.94. The fraction of sp³-hybridized carbons (Fsp3) is 0.214. The van der Waals surface area contributed by atoms with Gasteiger partial charge in [-0.25, -0.2) is 0 Å².